The largest absolute Gasteiger partial charge is 0.462 e. The van der Waals surface area contributed by atoms with E-state index in [0.29, 0.717) is 21.8 Å². The molecule has 32 heavy (non-hydrogen) atoms. The lowest BCUT2D eigenvalue weighted by Crippen LogP contribution is -2.15. The van der Waals surface area contributed by atoms with Crippen LogP contribution in [0.3, 0.4) is 0 Å². The third-order valence-electron chi connectivity index (χ3n) is 5.28. The first-order valence-corrected chi connectivity index (χ1v) is 11.1. The number of hydrogen-bond donors (Lipinski definition) is 1. The molecule has 0 saturated carbocycles. The number of nitrogens with one attached hydrogen (secondary N) is 1. The molecule has 10 heteroatoms. The first kappa shape index (κ1) is 21.7. The number of anilines is 1. The molecule has 0 aliphatic heterocycles. The van der Waals surface area contributed by atoms with Crippen molar-refractivity contribution in [2.24, 2.45) is 0 Å². The molecule has 1 N–H and O–H groups in total. The number of esters is 1. The lowest BCUT2D eigenvalue weighted by atomic mass is 10.1. The Labute approximate surface area is 189 Å². The third kappa shape index (κ3) is 3.66. The van der Waals surface area contributed by atoms with Crippen LogP contribution >= 0.6 is 11.3 Å². The minimum absolute atomic E-state index is 0.259. The minimum atomic E-state index is -0.451. The molecule has 0 aromatic carbocycles. The van der Waals surface area contributed by atoms with E-state index in [1.54, 1.807) is 17.6 Å². The van der Waals surface area contributed by atoms with Gasteiger partial charge < -0.3 is 10.1 Å². The van der Waals surface area contributed by atoms with Gasteiger partial charge in [-0.15, -0.1) is 11.3 Å². The van der Waals surface area contributed by atoms with Crippen molar-refractivity contribution in [1.29, 1.82) is 0 Å². The number of amides is 1. The molecule has 0 radical (unpaired) electrons. The highest BCUT2D eigenvalue weighted by Gasteiger charge is 2.24. The van der Waals surface area contributed by atoms with E-state index in [9.17, 15) is 9.59 Å². The van der Waals surface area contributed by atoms with Gasteiger partial charge in [0, 0.05) is 29.4 Å². The predicted molar refractivity (Wildman–Crippen MR) is 122 cm³/mol. The summed E-state index contributed by atoms with van der Waals surface area (Å²) in [6.45, 7) is 10.5. The summed E-state index contributed by atoms with van der Waals surface area (Å²) in [4.78, 5) is 30.9. The van der Waals surface area contributed by atoms with E-state index in [1.807, 2.05) is 44.6 Å². The molecule has 1 amide bonds. The lowest BCUT2D eigenvalue weighted by Gasteiger charge is -2.07. The van der Waals surface area contributed by atoms with E-state index in [2.05, 4.69) is 20.5 Å². The van der Waals surface area contributed by atoms with E-state index < -0.39 is 11.9 Å². The van der Waals surface area contributed by atoms with Crippen molar-refractivity contribution >= 4 is 33.9 Å². The number of aryl methyl sites for hydroxylation is 3. The molecule has 0 unspecified atom stereocenters. The molecule has 9 nitrogen and oxygen atoms in total. The molecule has 0 atom stereocenters. The summed E-state index contributed by atoms with van der Waals surface area (Å²) in [5.74, 6) is -0.842. The molecule has 0 aliphatic rings. The Balaban J connectivity index is 1.72. The maximum Gasteiger partial charge on any atom is 0.341 e. The van der Waals surface area contributed by atoms with Gasteiger partial charge in [-0.25, -0.2) is 14.3 Å². The maximum absolute atomic E-state index is 13.1. The molecule has 0 bridgehead atoms. The normalized spacial score (nSPS) is 11.2. The van der Waals surface area contributed by atoms with Gasteiger partial charge in [0.25, 0.3) is 5.91 Å². The number of hydrogen-bond acceptors (Lipinski definition) is 7. The SMILES string of the molecule is CCOC(=O)c1c(NC(=O)c2cnn3c(-c4cn(CC)nc4C)ccnc23)sc(C)c1C. The van der Waals surface area contributed by atoms with E-state index in [1.165, 1.54) is 17.5 Å². The van der Waals surface area contributed by atoms with Crippen LogP contribution in [-0.4, -0.2) is 42.9 Å². The van der Waals surface area contributed by atoms with Gasteiger partial charge in [0.15, 0.2) is 5.65 Å². The highest BCUT2D eigenvalue weighted by molar-refractivity contribution is 7.16. The predicted octanol–water partition coefficient (Wildman–Crippen LogP) is 4.03. The number of aromatic nitrogens is 5. The highest BCUT2D eigenvalue weighted by Crippen LogP contribution is 2.33. The fourth-order valence-electron chi connectivity index (χ4n) is 3.52. The van der Waals surface area contributed by atoms with Crippen LogP contribution in [0.25, 0.3) is 16.9 Å². The summed E-state index contributed by atoms with van der Waals surface area (Å²) in [5.41, 5.74) is 4.49. The molecule has 166 valence electrons. The van der Waals surface area contributed by atoms with Crippen LogP contribution in [0.2, 0.25) is 0 Å². The molecule has 0 spiro atoms. The van der Waals surface area contributed by atoms with Crippen LogP contribution in [-0.2, 0) is 11.3 Å². The Kier molecular flexibility index (Phi) is 5.79. The molecule has 0 aliphatic carbocycles. The summed E-state index contributed by atoms with van der Waals surface area (Å²) in [5, 5.41) is 12.2. The molecule has 4 heterocycles. The molecule has 4 aromatic rings. The first-order chi connectivity index (χ1) is 15.3. The van der Waals surface area contributed by atoms with E-state index >= 15 is 0 Å². The number of rotatable bonds is 6. The van der Waals surface area contributed by atoms with Crippen molar-refractivity contribution in [3.63, 3.8) is 0 Å². The second kappa shape index (κ2) is 8.54. The minimum Gasteiger partial charge on any atom is -0.462 e. The smallest absolute Gasteiger partial charge is 0.341 e. The summed E-state index contributed by atoms with van der Waals surface area (Å²) >= 11 is 1.34. The van der Waals surface area contributed by atoms with Crippen molar-refractivity contribution in [2.45, 2.75) is 41.2 Å². The van der Waals surface area contributed by atoms with Crippen LogP contribution in [0.5, 0.6) is 0 Å². The summed E-state index contributed by atoms with van der Waals surface area (Å²) in [6, 6.07) is 1.84. The van der Waals surface area contributed by atoms with Crippen molar-refractivity contribution in [3.8, 4) is 11.3 Å². The zero-order chi connectivity index (χ0) is 23.0. The van der Waals surface area contributed by atoms with Gasteiger partial charge in [-0.1, -0.05) is 0 Å². The average molecular weight is 453 g/mol. The lowest BCUT2D eigenvalue weighted by molar-refractivity contribution is 0.0527. The zero-order valence-corrected chi connectivity index (χ0v) is 19.4. The third-order valence-corrected chi connectivity index (χ3v) is 6.41. The standard InChI is InChI=1S/C22H24N6O3S/c1-6-27-11-16(13(4)26-27)17-8-9-23-19-15(10-24-28(17)19)20(29)25-21-18(22(30)31-7-2)12(3)14(5)32-21/h8-11H,6-7H2,1-5H3,(H,25,29). The molecule has 4 rings (SSSR count). The first-order valence-electron chi connectivity index (χ1n) is 10.3. The van der Waals surface area contributed by atoms with Crippen molar-refractivity contribution in [1.82, 2.24) is 24.4 Å². The Morgan fingerprint density at radius 1 is 1.22 bits per heavy atom. The highest BCUT2D eigenvalue weighted by atomic mass is 32.1. The van der Waals surface area contributed by atoms with Crippen molar-refractivity contribution in [2.75, 3.05) is 11.9 Å². The topological polar surface area (TPSA) is 103 Å². The van der Waals surface area contributed by atoms with Gasteiger partial charge in [0.1, 0.15) is 10.6 Å². The Bertz CT molecular complexity index is 1330. The maximum atomic E-state index is 13.1. The number of nitrogens with zero attached hydrogens (tertiary/aromatic N) is 5. The van der Waals surface area contributed by atoms with Gasteiger partial charge in [0.2, 0.25) is 0 Å². The quantitative estimate of drug-likeness (QED) is 0.443. The van der Waals surface area contributed by atoms with E-state index in [4.69, 9.17) is 4.74 Å². The second-order valence-electron chi connectivity index (χ2n) is 7.27. The van der Waals surface area contributed by atoms with Gasteiger partial charge in [-0.2, -0.15) is 10.2 Å². The van der Waals surface area contributed by atoms with E-state index in [-0.39, 0.29) is 6.61 Å². The van der Waals surface area contributed by atoms with Gasteiger partial charge >= 0.3 is 5.97 Å². The number of carbonyl (C=O) groups excluding carboxylic acids is 2. The Hall–Kier alpha value is -3.53. The zero-order valence-electron chi connectivity index (χ0n) is 18.6. The summed E-state index contributed by atoms with van der Waals surface area (Å²) < 4.78 is 8.66. The Morgan fingerprint density at radius 3 is 2.69 bits per heavy atom. The molecular weight excluding hydrogens is 428 g/mol. The van der Waals surface area contributed by atoms with Crippen LogP contribution in [0.15, 0.2) is 24.7 Å². The van der Waals surface area contributed by atoms with Crippen molar-refractivity contribution < 1.29 is 14.3 Å². The average Bonchev–Trinajstić information content (AvgIpc) is 3.43. The Morgan fingerprint density at radius 2 is 2.00 bits per heavy atom. The molecule has 4 aromatic heterocycles. The number of carbonyl (C=O) groups is 2. The summed E-state index contributed by atoms with van der Waals surface area (Å²) in [7, 11) is 0. The fourth-order valence-corrected chi connectivity index (χ4v) is 4.57. The van der Waals surface area contributed by atoms with Gasteiger partial charge in [0.05, 0.1) is 29.8 Å². The van der Waals surface area contributed by atoms with Crippen molar-refractivity contribution in [3.05, 3.63) is 51.9 Å². The van der Waals surface area contributed by atoms with E-state index in [0.717, 1.165) is 33.9 Å². The number of thiophene rings is 1. The number of ether oxygens (including phenoxy) is 1. The molecule has 0 saturated heterocycles. The van der Waals surface area contributed by atoms with Crippen LogP contribution in [0, 0.1) is 20.8 Å². The second-order valence-corrected chi connectivity index (χ2v) is 8.49. The summed E-state index contributed by atoms with van der Waals surface area (Å²) in [6.07, 6.45) is 5.09. The fraction of sp³-hybridized carbons (Fsp3) is 0.318. The van der Waals surface area contributed by atoms with Gasteiger partial charge in [-0.3, -0.25) is 9.48 Å². The number of fused-ring (bicyclic) bond motifs is 1. The van der Waals surface area contributed by atoms with Crippen LogP contribution in [0.1, 0.15) is 50.7 Å². The molecular formula is C22H24N6O3S. The monoisotopic (exact) mass is 452 g/mol. The molecule has 0 fully saturated rings. The van der Waals surface area contributed by atoms with Crippen LogP contribution < -0.4 is 5.32 Å². The van der Waals surface area contributed by atoms with Crippen LogP contribution in [0.4, 0.5) is 5.00 Å². The van der Waals surface area contributed by atoms with Gasteiger partial charge in [-0.05, 0) is 46.2 Å².